The number of fused-ring (bicyclic) bond motifs is 2. The maximum absolute atomic E-state index is 11.9. The van der Waals surface area contributed by atoms with Crippen LogP contribution in [0, 0.1) is 0 Å². The topological polar surface area (TPSA) is 111 Å². The third kappa shape index (κ3) is 5.88. The number of hydrogen-bond acceptors (Lipinski definition) is 10. The van der Waals surface area contributed by atoms with Gasteiger partial charge in [-0.3, -0.25) is 0 Å². The number of benzene rings is 2. The summed E-state index contributed by atoms with van der Waals surface area (Å²) in [5.41, 5.74) is 3.05. The summed E-state index contributed by atoms with van der Waals surface area (Å²) in [7, 11) is 2.83. The van der Waals surface area contributed by atoms with Crippen LogP contribution in [0.5, 0.6) is 0 Å². The van der Waals surface area contributed by atoms with Crippen LogP contribution in [0.1, 0.15) is 38.5 Å². The number of esters is 2. The molecule has 206 valence electrons. The second-order valence-corrected chi connectivity index (χ2v) is 10.4. The van der Waals surface area contributed by atoms with Crippen LogP contribution in [0.15, 0.2) is 55.8 Å². The van der Waals surface area contributed by atoms with Gasteiger partial charge in [0.25, 0.3) is 12.0 Å². The summed E-state index contributed by atoms with van der Waals surface area (Å²) in [6.07, 6.45) is 5.65. The molecule has 10 nitrogen and oxygen atoms in total. The van der Waals surface area contributed by atoms with Crippen LogP contribution >= 0.6 is 15.9 Å². The summed E-state index contributed by atoms with van der Waals surface area (Å²) < 4.78 is 22.2. The minimum absolute atomic E-state index is 0.220. The first-order valence-corrected chi connectivity index (χ1v) is 13.9. The number of para-hydroxylation sites is 2. The highest BCUT2D eigenvalue weighted by Crippen LogP contribution is 2.30. The van der Waals surface area contributed by atoms with E-state index < -0.39 is 0 Å². The van der Waals surface area contributed by atoms with Crippen molar-refractivity contribution in [2.24, 2.45) is 0 Å². The Morgan fingerprint density at radius 2 is 1.33 bits per heavy atom. The van der Waals surface area contributed by atoms with E-state index in [4.69, 9.17) is 18.3 Å². The highest BCUT2D eigenvalue weighted by Gasteiger charge is 2.33. The van der Waals surface area contributed by atoms with E-state index in [-0.39, 0.29) is 24.0 Å². The number of anilines is 2. The lowest BCUT2D eigenvalue weighted by Crippen LogP contribution is -2.45. The zero-order valence-corrected chi connectivity index (χ0v) is 23.6. The quantitative estimate of drug-likeness (QED) is 0.280. The molecule has 0 spiro atoms. The molecule has 0 bridgehead atoms. The summed E-state index contributed by atoms with van der Waals surface area (Å²) >= 11 is 3.41. The smallest absolute Gasteiger partial charge is 0.328 e. The molecule has 2 saturated heterocycles. The summed E-state index contributed by atoms with van der Waals surface area (Å²) in [4.78, 5) is 36.5. The molecule has 2 aromatic heterocycles. The van der Waals surface area contributed by atoms with E-state index in [1.807, 2.05) is 52.3 Å². The molecule has 39 heavy (non-hydrogen) atoms. The number of oxazole rings is 2. The Balaban J connectivity index is 0.000000158. The minimum atomic E-state index is -0.301. The number of hydrogen-bond donors (Lipinski definition) is 0. The highest BCUT2D eigenvalue weighted by atomic mass is 79.9. The molecule has 2 atom stereocenters. The molecular formula is C28H31BrN4O6. The van der Waals surface area contributed by atoms with Crippen molar-refractivity contribution < 1.29 is 27.9 Å². The first-order valence-electron chi connectivity index (χ1n) is 13.1. The molecule has 0 aliphatic carbocycles. The van der Waals surface area contributed by atoms with Gasteiger partial charge in [-0.15, -0.1) is 0 Å². The van der Waals surface area contributed by atoms with Crippen molar-refractivity contribution in [3.05, 3.63) is 46.9 Å². The van der Waals surface area contributed by atoms with Crippen molar-refractivity contribution >= 4 is 62.1 Å². The molecule has 2 fully saturated rings. The third-order valence-electron chi connectivity index (χ3n) is 7.07. The molecule has 0 N–H and O–H groups in total. The van der Waals surface area contributed by atoms with Gasteiger partial charge in [0.2, 0.25) is 0 Å². The van der Waals surface area contributed by atoms with Gasteiger partial charge in [0.15, 0.2) is 11.2 Å². The predicted molar refractivity (Wildman–Crippen MR) is 150 cm³/mol. The van der Waals surface area contributed by atoms with Gasteiger partial charge in [0.05, 0.1) is 14.2 Å². The monoisotopic (exact) mass is 598 g/mol. The summed E-state index contributed by atoms with van der Waals surface area (Å²) in [6.45, 7) is 1.53. The van der Waals surface area contributed by atoms with Crippen LogP contribution in [0.25, 0.3) is 22.2 Å². The SMILES string of the molecule is COC(=O)[C@@H]1CCCCN1c1nc2ccc(Br)cc2o1.COC(=O)[C@@H]1CCCCN1c1nc2ccccc2o1. The van der Waals surface area contributed by atoms with E-state index in [9.17, 15) is 9.59 Å². The average molecular weight is 599 g/mol. The van der Waals surface area contributed by atoms with E-state index in [0.717, 1.165) is 72.7 Å². The molecule has 2 aromatic carbocycles. The lowest BCUT2D eigenvalue weighted by molar-refractivity contribution is -0.143. The van der Waals surface area contributed by atoms with Gasteiger partial charge in [-0.2, -0.15) is 9.97 Å². The zero-order chi connectivity index (χ0) is 27.4. The van der Waals surface area contributed by atoms with Crippen LogP contribution in [-0.2, 0) is 19.1 Å². The number of aromatic nitrogens is 2. The fourth-order valence-corrected chi connectivity index (χ4v) is 5.42. The number of piperidine rings is 2. The molecule has 11 heteroatoms. The molecule has 0 saturated carbocycles. The summed E-state index contributed by atoms with van der Waals surface area (Å²) in [5, 5.41) is 0. The molecular weight excluding hydrogens is 568 g/mol. The van der Waals surface area contributed by atoms with Gasteiger partial charge in [-0.25, -0.2) is 9.59 Å². The standard InChI is InChI=1S/C14H15BrN2O3.C14H16N2O3/c1-19-13(18)11-4-2-3-7-17(11)14-16-10-6-5-9(15)8-12(10)20-14;1-18-13(17)11-7-4-5-9-16(11)14-15-10-6-2-3-8-12(10)19-14/h5-6,8,11H,2-4,7H2,1H3;2-3,6,8,11H,4-5,7,9H2,1H3/t2*11-/m00/s1. The number of carbonyl (C=O) groups excluding carboxylic acids is 2. The molecule has 0 unspecified atom stereocenters. The first kappa shape index (κ1) is 27.0. The van der Waals surface area contributed by atoms with Crippen LogP contribution in [-0.4, -0.2) is 61.3 Å². The molecule has 2 aliphatic heterocycles. The van der Waals surface area contributed by atoms with Gasteiger partial charge in [-0.05, 0) is 68.9 Å². The number of carbonyl (C=O) groups is 2. The Hall–Kier alpha value is -3.60. The third-order valence-corrected chi connectivity index (χ3v) is 7.56. The fraction of sp³-hybridized carbons (Fsp3) is 0.429. The molecule has 0 radical (unpaired) electrons. The highest BCUT2D eigenvalue weighted by molar-refractivity contribution is 9.10. The maximum atomic E-state index is 11.9. The lowest BCUT2D eigenvalue weighted by atomic mass is 10.0. The Labute approximate surface area is 234 Å². The van der Waals surface area contributed by atoms with Crippen LogP contribution in [0.3, 0.4) is 0 Å². The molecule has 2 aliphatic rings. The number of halogens is 1. The van der Waals surface area contributed by atoms with E-state index in [0.29, 0.717) is 17.6 Å². The van der Waals surface area contributed by atoms with E-state index in [1.165, 1.54) is 14.2 Å². The van der Waals surface area contributed by atoms with Crippen LogP contribution in [0.4, 0.5) is 12.0 Å². The number of methoxy groups -OCH3 is 2. The van der Waals surface area contributed by atoms with Gasteiger partial charge in [0.1, 0.15) is 23.1 Å². The second-order valence-electron chi connectivity index (χ2n) is 9.53. The summed E-state index contributed by atoms with van der Waals surface area (Å²) in [6, 6.07) is 13.7. The van der Waals surface area contributed by atoms with E-state index in [1.54, 1.807) is 0 Å². The Bertz CT molecular complexity index is 1420. The second kappa shape index (κ2) is 12.1. The maximum Gasteiger partial charge on any atom is 0.328 e. The predicted octanol–water partition coefficient (Wildman–Crippen LogP) is 5.48. The van der Waals surface area contributed by atoms with E-state index >= 15 is 0 Å². The van der Waals surface area contributed by atoms with Crippen molar-refractivity contribution in [3.63, 3.8) is 0 Å². The zero-order valence-electron chi connectivity index (χ0n) is 22.0. The van der Waals surface area contributed by atoms with Gasteiger partial charge in [-0.1, -0.05) is 28.1 Å². The van der Waals surface area contributed by atoms with Gasteiger partial charge < -0.3 is 28.1 Å². The average Bonchev–Trinajstić information content (AvgIpc) is 3.61. The molecule has 6 rings (SSSR count). The molecule has 4 heterocycles. The number of rotatable bonds is 4. The van der Waals surface area contributed by atoms with Crippen molar-refractivity contribution in [3.8, 4) is 0 Å². The lowest BCUT2D eigenvalue weighted by Gasteiger charge is -2.32. The molecule has 4 aromatic rings. The normalized spacial score (nSPS) is 19.5. The van der Waals surface area contributed by atoms with Crippen molar-refractivity contribution in [1.82, 2.24) is 9.97 Å². The van der Waals surface area contributed by atoms with Crippen molar-refractivity contribution in [2.45, 2.75) is 50.6 Å². The van der Waals surface area contributed by atoms with Crippen molar-refractivity contribution in [2.75, 3.05) is 37.1 Å². The number of nitrogens with zero attached hydrogens (tertiary/aromatic N) is 4. The van der Waals surface area contributed by atoms with Gasteiger partial charge in [0, 0.05) is 17.6 Å². The number of ether oxygens (including phenoxy) is 2. The van der Waals surface area contributed by atoms with Crippen LogP contribution < -0.4 is 9.80 Å². The largest absolute Gasteiger partial charge is 0.467 e. The Kier molecular flexibility index (Phi) is 8.35. The van der Waals surface area contributed by atoms with Crippen molar-refractivity contribution in [1.29, 1.82) is 0 Å². The molecule has 0 amide bonds. The van der Waals surface area contributed by atoms with Crippen LogP contribution in [0.2, 0.25) is 0 Å². The fourth-order valence-electron chi connectivity index (χ4n) is 5.08. The Morgan fingerprint density at radius 3 is 1.90 bits per heavy atom. The van der Waals surface area contributed by atoms with Gasteiger partial charge >= 0.3 is 11.9 Å². The Morgan fingerprint density at radius 1 is 0.795 bits per heavy atom. The first-order chi connectivity index (χ1) is 19.0. The summed E-state index contributed by atoms with van der Waals surface area (Å²) in [5.74, 6) is -0.449. The minimum Gasteiger partial charge on any atom is -0.467 e. The van der Waals surface area contributed by atoms with E-state index in [2.05, 4.69) is 25.9 Å².